The molecule has 0 amide bonds. The largest absolute Gasteiger partial charge is 0.460 e. The molecule has 2 unspecified atom stereocenters. The van der Waals surface area contributed by atoms with Crippen molar-refractivity contribution in [3.05, 3.63) is 12.2 Å². The zero-order valence-corrected chi connectivity index (χ0v) is 8.95. The smallest absolute Gasteiger partial charge is 0.333 e. The van der Waals surface area contributed by atoms with Gasteiger partial charge in [-0.15, -0.1) is 0 Å². The van der Waals surface area contributed by atoms with Crippen molar-refractivity contribution in [2.24, 2.45) is 0 Å². The van der Waals surface area contributed by atoms with Crippen LogP contribution in [0.2, 0.25) is 0 Å². The van der Waals surface area contributed by atoms with Gasteiger partial charge in [0.25, 0.3) is 0 Å². The number of hydrogen-bond donors (Lipinski definition) is 1. The van der Waals surface area contributed by atoms with E-state index in [-0.39, 0.29) is 34.2 Å². The molecular weight excluding hydrogens is 208 g/mol. The van der Waals surface area contributed by atoms with Crippen LogP contribution in [0.25, 0.3) is 0 Å². The van der Waals surface area contributed by atoms with Crippen molar-refractivity contribution >= 4 is 5.97 Å². The number of rotatable bonds is 6. The maximum absolute atomic E-state index is 11.0. The Morgan fingerprint density at radius 1 is 1.31 bits per heavy atom. The van der Waals surface area contributed by atoms with E-state index in [1.54, 1.807) is 20.8 Å². The molecule has 2 atom stereocenters. The lowest BCUT2D eigenvalue weighted by Gasteiger charge is -2.14. The minimum Gasteiger partial charge on any atom is -0.460 e. The van der Waals surface area contributed by atoms with Crippen LogP contribution in [0.1, 0.15) is 35.6 Å². The minimum absolute atomic E-state index is 0. The lowest BCUT2D eigenvalue weighted by molar-refractivity contribution is -0.143. The van der Waals surface area contributed by atoms with Crippen molar-refractivity contribution in [3.8, 4) is 0 Å². The number of ether oxygens (including phenoxy) is 2. The van der Waals surface area contributed by atoms with Gasteiger partial charge >= 0.3 is 5.97 Å². The second-order valence-electron chi connectivity index (χ2n) is 3.37. The first kappa shape index (κ1) is 20.5. The highest BCUT2D eigenvalue weighted by Gasteiger charge is 2.08. The van der Waals surface area contributed by atoms with Crippen molar-refractivity contribution in [2.45, 2.75) is 47.8 Å². The Bertz CT molecular complexity index is 199. The van der Waals surface area contributed by atoms with Crippen LogP contribution in [-0.2, 0) is 14.3 Å². The monoisotopic (exact) mass is 234 g/mol. The third-order valence-corrected chi connectivity index (χ3v) is 1.42. The van der Waals surface area contributed by atoms with E-state index < -0.39 is 12.1 Å². The normalized spacial score (nSPS) is 12.8. The summed E-state index contributed by atoms with van der Waals surface area (Å²) in [6, 6.07) is 0. The van der Waals surface area contributed by atoms with Gasteiger partial charge in [0.15, 0.2) is 0 Å². The first-order chi connectivity index (χ1) is 6.43. The maximum Gasteiger partial charge on any atom is 0.333 e. The molecule has 1 N–H and O–H groups in total. The number of aliphatic hydroxyl groups excluding tert-OH is 1. The zero-order chi connectivity index (χ0) is 11.1. The molecule has 0 radical (unpaired) electrons. The molecule has 98 valence electrons. The highest BCUT2D eigenvalue weighted by molar-refractivity contribution is 5.86. The van der Waals surface area contributed by atoms with Crippen LogP contribution in [0.15, 0.2) is 12.2 Å². The van der Waals surface area contributed by atoms with E-state index in [4.69, 9.17) is 14.6 Å². The van der Waals surface area contributed by atoms with Crippen molar-refractivity contribution < 1.29 is 19.4 Å². The van der Waals surface area contributed by atoms with Gasteiger partial charge in [-0.3, -0.25) is 0 Å². The molecular formula is C12H26O4. The Morgan fingerprint density at radius 3 is 2.19 bits per heavy atom. The predicted molar refractivity (Wildman–Crippen MR) is 66.3 cm³/mol. The van der Waals surface area contributed by atoms with Crippen LogP contribution in [-0.4, -0.2) is 36.5 Å². The summed E-state index contributed by atoms with van der Waals surface area (Å²) in [6.07, 6.45) is -0.720. The fraction of sp³-hybridized carbons (Fsp3) is 0.750. The molecule has 4 heteroatoms. The molecule has 0 saturated carbocycles. The van der Waals surface area contributed by atoms with Crippen LogP contribution in [0.3, 0.4) is 0 Å². The van der Waals surface area contributed by atoms with Crippen LogP contribution in [0.5, 0.6) is 0 Å². The molecule has 0 saturated heterocycles. The van der Waals surface area contributed by atoms with Gasteiger partial charge in [-0.05, 0) is 20.8 Å². The molecule has 0 aromatic carbocycles. The van der Waals surface area contributed by atoms with Crippen molar-refractivity contribution in [2.75, 3.05) is 13.2 Å². The van der Waals surface area contributed by atoms with Gasteiger partial charge in [-0.2, -0.15) is 0 Å². The third kappa shape index (κ3) is 11.2. The van der Waals surface area contributed by atoms with Crippen LogP contribution < -0.4 is 0 Å². The Morgan fingerprint density at radius 2 is 1.81 bits per heavy atom. The molecule has 0 aromatic rings. The van der Waals surface area contributed by atoms with Gasteiger partial charge in [0, 0.05) is 5.57 Å². The number of hydrogen-bond acceptors (Lipinski definition) is 4. The summed E-state index contributed by atoms with van der Waals surface area (Å²) in [5.41, 5.74) is 0.368. The van der Waals surface area contributed by atoms with Gasteiger partial charge in [-0.25, -0.2) is 4.79 Å². The van der Waals surface area contributed by atoms with Gasteiger partial charge in [0.05, 0.1) is 18.8 Å². The number of esters is 1. The minimum atomic E-state index is -0.505. The highest BCUT2D eigenvalue weighted by Crippen LogP contribution is 1.97. The number of carbonyl (C=O) groups is 1. The van der Waals surface area contributed by atoms with E-state index >= 15 is 0 Å². The SMILES string of the molecule is C.C.C=C(C)C(=O)OCC(C)OCC(C)O. The molecule has 0 aliphatic carbocycles. The summed E-state index contributed by atoms with van der Waals surface area (Å²) in [7, 11) is 0. The van der Waals surface area contributed by atoms with Gasteiger partial charge in [0.2, 0.25) is 0 Å². The first-order valence-corrected chi connectivity index (χ1v) is 4.55. The molecule has 4 nitrogen and oxygen atoms in total. The Hall–Kier alpha value is -0.870. The van der Waals surface area contributed by atoms with E-state index in [1.807, 2.05) is 0 Å². The molecule has 0 heterocycles. The Balaban J connectivity index is -0.000000845. The fourth-order valence-corrected chi connectivity index (χ4v) is 0.668. The molecule has 0 bridgehead atoms. The molecule has 0 spiro atoms. The number of carbonyl (C=O) groups excluding carboxylic acids is 1. The average Bonchev–Trinajstić information content (AvgIpc) is 2.10. The van der Waals surface area contributed by atoms with E-state index in [1.165, 1.54) is 0 Å². The summed E-state index contributed by atoms with van der Waals surface area (Å²) in [6.45, 7) is 8.86. The standard InChI is InChI=1S/C10H18O4.2CH4/c1-7(2)10(12)14-6-9(4)13-5-8(3)11;;/h8-9,11H,1,5-6H2,2-4H3;2*1H4. The molecule has 0 aliphatic rings. The van der Waals surface area contributed by atoms with Crippen molar-refractivity contribution in [1.82, 2.24) is 0 Å². The van der Waals surface area contributed by atoms with E-state index in [9.17, 15) is 4.79 Å². The summed E-state index contributed by atoms with van der Waals surface area (Å²) in [5, 5.41) is 8.92. The number of aliphatic hydroxyl groups is 1. The predicted octanol–water partition coefficient (Wildman–Crippen LogP) is 2.16. The Labute approximate surface area is 99.3 Å². The van der Waals surface area contributed by atoms with E-state index in [0.29, 0.717) is 5.57 Å². The van der Waals surface area contributed by atoms with Crippen molar-refractivity contribution in [3.63, 3.8) is 0 Å². The summed E-state index contributed by atoms with van der Waals surface area (Å²) >= 11 is 0. The quantitative estimate of drug-likeness (QED) is 0.565. The molecule has 0 rings (SSSR count). The van der Waals surface area contributed by atoms with Gasteiger partial charge in [0.1, 0.15) is 6.61 Å². The average molecular weight is 234 g/mol. The Kier molecular flexibility index (Phi) is 13.7. The molecule has 0 aliphatic heterocycles. The first-order valence-electron chi connectivity index (χ1n) is 4.55. The zero-order valence-electron chi connectivity index (χ0n) is 8.95. The molecule has 16 heavy (non-hydrogen) atoms. The highest BCUT2D eigenvalue weighted by atomic mass is 16.6. The fourth-order valence-electron chi connectivity index (χ4n) is 0.668. The van der Waals surface area contributed by atoms with Crippen LogP contribution >= 0.6 is 0 Å². The summed E-state index contributed by atoms with van der Waals surface area (Å²) < 4.78 is 10.0. The van der Waals surface area contributed by atoms with Crippen LogP contribution in [0, 0.1) is 0 Å². The van der Waals surface area contributed by atoms with Crippen molar-refractivity contribution in [1.29, 1.82) is 0 Å². The summed E-state index contributed by atoms with van der Waals surface area (Å²) in [4.78, 5) is 11.0. The lowest BCUT2D eigenvalue weighted by Crippen LogP contribution is -2.23. The van der Waals surface area contributed by atoms with Gasteiger partial charge in [-0.1, -0.05) is 21.4 Å². The maximum atomic E-state index is 11.0. The van der Waals surface area contributed by atoms with Gasteiger partial charge < -0.3 is 14.6 Å². The topological polar surface area (TPSA) is 55.8 Å². The second-order valence-corrected chi connectivity index (χ2v) is 3.37. The molecule has 0 aromatic heterocycles. The third-order valence-electron chi connectivity index (χ3n) is 1.42. The van der Waals surface area contributed by atoms with E-state index in [0.717, 1.165) is 0 Å². The molecule has 0 fully saturated rings. The summed E-state index contributed by atoms with van der Waals surface area (Å²) in [5.74, 6) is -0.419. The van der Waals surface area contributed by atoms with E-state index in [2.05, 4.69) is 6.58 Å². The lowest BCUT2D eigenvalue weighted by atomic mass is 10.3. The second kappa shape index (κ2) is 10.6. The van der Waals surface area contributed by atoms with Crippen LogP contribution in [0.4, 0.5) is 0 Å².